The quantitative estimate of drug-likeness (QED) is 0.696. The first-order valence-corrected chi connectivity index (χ1v) is 5.18. The Hall–Kier alpha value is -0.340. The van der Waals surface area contributed by atoms with E-state index in [1.54, 1.807) is 18.4 Å². The number of methoxy groups -OCH3 is 1. The van der Waals surface area contributed by atoms with E-state index in [4.69, 9.17) is 4.74 Å². The summed E-state index contributed by atoms with van der Waals surface area (Å²) >= 11 is 1.77. The van der Waals surface area contributed by atoms with Gasteiger partial charge in [0.15, 0.2) is 0 Å². The molecule has 0 N–H and O–H groups in total. The summed E-state index contributed by atoms with van der Waals surface area (Å²) in [5.74, 6) is 0.692. The molecule has 0 saturated carbocycles. The molecular formula is C10H16OS. The molecule has 0 bridgehead atoms. The highest BCUT2D eigenvalue weighted by Gasteiger charge is 2.12. The normalized spacial score (nSPS) is 13.7. The lowest BCUT2D eigenvalue weighted by molar-refractivity contribution is 0.0874. The number of rotatable bonds is 4. The van der Waals surface area contributed by atoms with E-state index in [0.29, 0.717) is 12.0 Å². The molecule has 1 aromatic rings. The lowest BCUT2D eigenvalue weighted by Gasteiger charge is -2.15. The first kappa shape index (κ1) is 9.75. The van der Waals surface area contributed by atoms with Crippen molar-refractivity contribution >= 4 is 11.3 Å². The van der Waals surface area contributed by atoms with E-state index in [9.17, 15) is 0 Å². The van der Waals surface area contributed by atoms with Crippen molar-refractivity contribution in [1.29, 1.82) is 0 Å². The smallest absolute Gasteiger partial charge is 0.0915 e. The highest BCUT2D eigenvalue weighted by atomic mass is 32.1. The van der Waals surface area contributed by atoms with Gasteiger partial charge in [-0.1, -0.05) is 19.9 Å². The van der Waals surface area contributed by atoms with Crippen LogP contribution in [0, 0.1) is 5.92 Å². The third kappa shape index (κ3) is 2.61. The summed E-state index contributed by atoms with van der Waals surface area (Å²) in [5, 5.41) is 2.10. The fraction of sp³-hybridized carbons (Fsp3) is 0.600. The van der Waals surface area contributed by atoms with Crippen LogP contribution in [-0.4, -0.2) is 7.11 Å². The van der Waals surface area contributed by atoms with Crippen LogP contribution in [0.15, 0.2) is 17.5 Å². The van der Waals surface area contributed by atoms with Crippen molar-refractivity contribution in [3.8, 4) is 0 Å². The van der Waals surface area contributed by atoms with E-state index < -0.39 is 0 Å². The Morgan fingerprint density at radius 2 is 2.25 bits per heavy atom. The highest BCUT2D eigenvalue weighted by Crippen LogP contribution is 2.27. The molecule has 68 valence electrons. The number of ether oxygens (including phenoxy) is 1. The third-order valence-electron chi connectivity index (χ3n) is 1.83. The summed E-state index contributed by atoms with van der Waals surface area (Å²) in [6.45, 7) is 4.44. The predicted molar refractivity (Wildman–Crippen MR) is 53.5 cm³/mol. The zero-order chi connectivity index (χ0) is 8.97. The largest absolute Gasteiger partial charge is 0.376 e. The monoisotopic (exact) mass is 184 g/mol. The van der Waals surface area contributed by atoms with E-state index >= 15 is 0 Å². The second kappa shape index (κ2) is 4.63. The lowest BCUT2D eigenvalue weighted by atomic mass is 10.1. The summed E-state index contributed by atoms with van der Waals surface area (Å²) in [4.78, 5) is 1.34. The molecule has 1 atom stereocenters. The van der Waals surface area contributed by atoms with E-state index in [0.717, 1.165) is 6.42 Å². The van der Waals surface area contributed by atoms with Gasteiger partial charge in [0.1, 0.15) is 0 Å². The molecule has 1 nitrogen and oxygen atoms in total. The zero-order valence-corrected chi connectivity index (χ0v) is 8.73. The number of hydrogen-bond acceptors (Lipinski definition) is 2. The second-order valence-electron chi connectivity index (χ2n) is 3.37. The fourth-order valence-electron chi connectivity index (χ4n) is 1.23. The first-order chi connectivity index (χ1) is 5.74. The Labute approximate surface area is 78.4 Å². The summed E-state index contributed by atoms with van der Waals surface area (Å²) in [7, 11) is 1.78. The van der Waals surface area contributed by atoms with Crippen LogP contribution in [0.5, 0.6) is 0 Å². The van der Waals surface area contributed by atoms with Crippen LogP contribution in [-0.2, 0) is 4.74 Å². The number of thiophene rings is 1. The van der Waals surface area contributed by atoms with E-state index in [-0.39, 0.29) is 0 Å². The van der Waals surface area contributed by atoms with Gasteiger partial charge in [-0.3, -0.25) is 0 Å². The summed E-state index contributed by atoms with van der Waals surface area (Å²) in [6, 6.07) is 4.22. The highest BCUT2D eigenvalue weighted by molar-refractivity contribution is 7.10. The van der Waals surface area contributed by atoms with Crippen molar-refractivity contribution in [2.24, 2.45) is 5.92 Å². The van der Waals surface area contributed by atoms with Crippen LogP contribution in [0.25, 0.3) is 0 Å². The van der Waals surface area contributed by atoms with Gasteiger partial charge in [0.25, 0.3) is 0 Å². The Balaban J connectivity index is 2.57. The molecule has 0 aliphatic rings. The van der Waals surface area contributed by atoms with Crippen LogP contribution in [0.4, 0.5) is 0 Å². The van der Waals surface area contributed by atoms with Gasteiger partial charge < -0.3 is 4.74 Å². The molecule has 1 unspecified atom stereocenters. The molecular weight excluding hydrogens is 168 g/mol. The molecule has 0 fully saturated rings. The lowest BCUT2D eigenvalue weighted by Crippen LogP contribution is -2.03. The SMILES string of the molecule is COC(CC(C)C)c1cccs1. The third-order valence-corrected chi connectivity index (χ3v) is 2.79. The van der Waals surface area contributed by atoms with Gasteiger partial charge >= 0.3 is 0 Å². The molecule has 2 heteroatoms. The van der Waals surface area contributed by atoms with Gasteiger partial charge in [0.05, 0.1) is 6.10 Å². The summed E-state index contributed by atoms with van der Waals surface area (Å²) in [5.41, 5.74) is 0. The van der Waals surface area contributed by atoms with Gasteiger partial charge in [-0.05, 0) is 23.8 Å². The second-order valence-corrected chi connectivity index (χ2v) is 4.35. The zero-order valence-electron chi connectivity index (χ0n) is 7.91. The van der Waals surface area contributed by atoms with Crippen molar-refractivity contribution in [2.45, 2.75) is 26.4 Å². The molecule has 0 aliphatic heterocycles. The molecule has 0 aliphatic carbocycles. The molecule has 1 rings (SSSR count). The first-order valence-electron chi connectivity index (χ1n) is 4.30. The van der Waals surface area contributed by atoms with Gasteiger partial charge in [0.2, 0.25) is 0 Å². The van der Waals surface area contributed by atoms with Gasteiger partial charge in [0, 0.05) is 12.0 Å². The summed E-state index contributed by atoms with van der Waals surface area (Å²) in [6.07, 6.45) is 1.40. The fourth-order valence-corrected chi connectivity index (χ4v) is 2.05. The van der Waals surface area contributed by atoms with Crippen LogP contribution in [0.2, 0.25) is 0 Å². The predicted octanol–water partition coefficient (Wildman–Crippen LogP) is 3.48. The topological polar surface area (TPSA) is 9.23 Å². The van der Waals surface area contributed by atoms with E-state index in [1.165, 1.54) is 4.88 Å². The van der Waals surface area contributed by atoms with Crippen molar-refractivity contribution in [3.63, 3.8) is 0 Å². The maximum absolute atomic E-state index is 5.42. The van der Waals surface area contributed by atoms with Crippen LogP contribution >= 0.6 is 11.3 Å². The minimum Gasteiger partial charge on any atom is -0.376 e. The average molecular weight is 184 g/mol. The van der Waals surface area contributed by atoms with Crippen molar-refractivity contribution in [3.05, 3.63) is 22.4 Å². The maximum Gasteiger partial charge on any atom is 0.0915 e. The maximum atomic E-state index is 5.42. The van der Waals surface area contributed by atoms with Gasteiger partial charge in [-0.15, -0.1) is 11.3 Å². The Morgan fingerprint density at radius 1 is 1.50 bits per heavy atom. The standard InChI is InChI=1S/C10H16OS/c1-8(2)7-9(11-3)10-5-4-6-12-10/h4-6,8-9H,7H2,1-3H3. The Bertz CT molecular complexity index is 204. The van der Waals surface area contributed by atoms with Crippen molar-refractivity contribution in [2.75, 3.05) is 7.11 Å². The molecule has 0 spiro atoms. The molecule has 0 amide bonds. The molecule has 1 heterocycles. The van der Waals surface area contributed by atoms with E-state index in [2.05, 4.69) is 31.4 Å². The number of hydrogen-bond donors (Lipinski definition) is 0. The molecule has 0 aromatic carbocycles. The van der Waals surface area contributed by atoms with E-state index in [1.807, 2.05) is 0 Å². The van der Waals surface area contributed by atoms with Crippen molar-refractivity contribution in [1.82, 2.24) is 0 Å². The minimum atomic E-state index is 0.296. The molecule has 12 heavy (non-hydrogen) atoms. The van der Waals surface area contributed by atoms with Gasteiger partial charge in [-0.2, -0.15) is 0 Å². The minimum absolute atomic E-state index is 0.296. The molecule has 1 aromatic heterocycles. The van der Waals surface area contributed by atoms with Crippen LogP contribution in [0.3, 0.4) is 0 Å². The summed E-state index contributed by atoms with van der Waals surface area (Å²) < 4.78 is 5.42. The average Bonchev–Trinajstić information content (AvgIpc) is 2.51. The molecule has 0 radical (unpaired) electrons. The van der Waals surface area contributed by atoms with Crippen molar-refractivity contribution < 1.29 is 4.74 Å². The molecule has 0 saturated heterocycles. The Kier molecular flexibility index (Phi) is 3.76. The van der Waals surface area contributed by atoms with Gasteiger partial charge in [-0.25, -0.2) is 0 Å². The Morgan fingerprint density at radius 3 is 2.67 bits per heavy atom. The van der Waals surface area contributed by atoms with Crippen LogP contribution in [0.1, 0.15) is 31.2 Å². The van der Waals surface area contributed by atoms with Crippen LogP contribution < -0.4 is 0 Å².